The van der Waals surface area contributed by atoms with Crippen molar-refractivity contribution in [2.24, 2.45) is 5.73 Å². The van der Waals surface area contributed by atoms with E-state index in [0.717, 1.165) is 49.2 Å². The van der Waals surface area contributed by atoms with Crippen LogP contribution >= 0.6 is 0 Å². The number of allylic oxidation sites excluding steroid dienone is 2. The molecule has 36 heavy (non-hydrogen) atoms. The zero-order valence-electron chi connectivity index (χ0n) is 21.1. The first-order valence-corrected chi connectivity index (χ1v) is 12.2. The molecule has 0 spiro atoms. The van der Waals surface area contributed by atoms with Crippen molar-refractivity contribution in [3.05, 3.63) is 89.0 Å². The summed E-state index contributed by atoms with van der Waals surface area (Å²) in [5.74, 6) is 5.09. The van der Waals surface area contributed by atoms with Gasteiger partial charge < -0.3 is 11.1 Å². The van der Waals surface area contributed by atoms with E-state index in [1.54, 1.807) is 30.3 Å². The summed E-state index contributed by atoms with van der Waals surface area (Å²) in [7, 11) is 0. The smallest absolute Gasteiger partial charge is 0.267 e. The van der Waals surface area contributed by atoms with Gasteiger partial charge in [-0.3, -0.25) is 19.7 Å². The number of hydrogen-bond acceptors (Lipinski definition) is 5. The van der Waals surface area contributed by atoms with Crippen LogP contribution in [-0.2, 0) is 11.3 Å². The van der Waals surface area contributed by atoms with Crippen LogP contribution in [0.3, 0.4) is 0 Å². The first-order chi connectivity index (χ1) is 17.4. The van der Waals surface area contributed by atoms with Gasteiger partial charge in [0.05, 0.1) is 0 Å². The number of rotatable bonds is 12. The van der Waals surface area contributed by atoms with Crippen molar-refractivity contribution in [1.82, 2.24) is 15.7 Å². The highest BCUT2D eigenvalue weighted by molar-refractivity contribution is 5.97. The molecule has 0 aromatic heterocycles. The Balaban J connectivity index is 2.06. The summed E-state index contributed by atoms with van der Waals surface area (Å²) in [6.07, 6.45) is 5.86. The van der Waals surface area contributed by atoms with Gasteiger partial charge in [0.15, 0.2) is 0 Å². The Morgan fingerprint density at radius 1 is 1.08 bits per heavy atom. The lowest BCUT2D eigenvalue weighted by Gasteiger charge is -2.20. The van der Waals surface area contributed by atoms with Crippen LogP contribution in [0.5, 0.6) is 0 Å². The van der Waals surface area contributed by atoms with Gasteiger partial charge >= 0.3 is 0 Å². The summed E-state index contributed by atoms with van der Waals surface area (Å²) in [6.45, 7) is 11.3. The van der Waals surface area contributed by atoms with Crippen molar-refractivity contribution >= 4 is 17.9 Å². The van der Waals surface area contributed by atoms with E-state index in [1.807, 2.05) is 18.2 Å². The molecule has 0 aliphatic rings. The largest absolute Gasteiger partial charge is 0.339 e. The third kappa shape index (κ3) is 9.16. The topological polar surface area (TPSA) is 108 Å². The highest BCUT2D eigenvalue weighted by atomic mass is 16.5. The maximum absolute atomic E-state index is 12.3. The quantitative estimate of drug-likeness (QED) is 0.158. The lowest BCUT2D eigenvalue weighted by Crippen LogP contribution is -2.50. The summed E-state index contributed by atoms with van der Waals surface area (Å²) < 4.78 is 0. The van der Waals surface area contributed by atoms with Gasteiger partial charge in [-0.2, -0.15) is 0 Å². The molecule has 0 fully saturated rings. The summed E-state index contributed by atoms with van der Waals surface area (Å²) in [5.41, 5.74) is 11.1. The van der Waals surface area contributed by atoms with Crippen molar-refractivity contribution in [1.29, 1.82) is 0 Å². The second-order valence-corrected chi connectivity index (χ2v) is 8.39. The Hall–Kier alpha value is -3.70. The summed E-state index contributed by atoms with van der Waals surface area (Å²) in [4.78, 5) is 26.3. The number of amides is 2. The van der Waals surface area contributed by atoms with Crippen molar-refractivity contribution < 1.29 is 14.8 Å². The minimum Gasteiger partial charge on any atom is -0.339 e. The van der Waals surface area contributed by atoms with Gasteiger partial charge in [-0.15, -0.1) is 0 Å². The molecule has 0 saturated heterocycles. The molecule has 0 bridgehead atoms. The summed E-state index contributed by atoms with van der Waals surface area (Å²) in [6, 6.07) is 14.1. The van der Waals surface area contributed by atoms with E-state index < -0.39 is 17.9 Å². The number of nitrogens with zero attached hydrogens (tertiary/aromatic N) is 1. The molecule has 0 radical (unpaired) electrons. The fourth-order valence-electron chi connectivity index (χ4n) is 3.61. The Labute approximate surface area is 214 Å². The van der Waals surface area contributed by atoms with Crippen molar-refractivity contribution in [3.63, 3.8) is 0 Å². The van der Waals surface area contributed by atoms with Gasteiger partial charge in [0.1, 0.15) is 6.04 Å². The Kier molecular flexibility index (Phi) is 12.1. The molecule has 190 valence electrons. The maximum Gasteiger partial charge on any atom is 0.267 e. The van der Waals surface area contributed by atoms with E-state index in [1.165, 1.54) is 11.0 Å². The van der Waals surface area contributed by atoms with Crippen LogP contribution in [0.25, 0.3) is 6.08 Å². The van der Waals surface area contributed by atoms with Gasteiger partial charge in [0, 0.05) is 29.8 Å². The lowest BCUT2D eigenvalue weighted by molar-refractivity contribution is -0.130. The lowest BCUT2D eigenvalue weighted by atomic mass is 10.1. The number of carbonyl (C=O) groups excluding carboxylic acids is 2. The molecule has 1 unspecified atom stereocenters. The fraction of sp³-hybridized carbons (Fsp3) is 0.310. The van der Waals surface area contributed by atoms with Crippen LogP contribution in [0.4, 0.5) is 0 Å². The van der Waals surface area contributed by atoms with Crippen LogP contribution < -0.4 is 16.5 Å². The van der Waals surface area contributed by atoms with Crippen LogP contribution in [0.1, 0.15) is 53.7 Å². The van der Waals surface area contributed by atoms with Gasteiger partial charge in [-0.25, -0.2) is 5.48 Å². The molecular weight excluding hydrogens is 452 g/mol. The standard InChI is InChI=1S/C29H36N4O3/c1-4-17-33(18-5-2)21-25-11-9-23(10-12-25)8-7-22(6-3)19-24-13-15-26(16-14-24)28(34)31-27(20-30)29(35)32-36/h6,9-16,19,27,36H,3-5,17-18,20-21,30H2,1-2H3,(H,31,34)(H,32,35)/b22-19+. The average molecular weight is 489 g/mol. The Morgan fingerprint density at radius 3 is 2.25 bits per heavy atom. The van der Waals surface area contributed by atoms with Gasteiger partial charge in [-0.05, 0) is 67.4 Å². The highest BCUT2D eigenvalue weighted by Gasteiger charge is 2.19. The Morgan fingerprint density at radius 2 is 1.72 bits per heavy atom. The third-order valence-electron chi connectivity index (χ3n) is 5.47. The van der Waals surface area contributed by atoms with Crippen LogP contribution in [0, 0.1) is 11.8 Å². The predicted octanol–water partition coefficient (Wildman–Crippen LogP) is 3.49. The molecule has 0 saturated carbocycles. The molecule has 7 nitrogen and oxygen atoms in total. The van der Waals surface area contributed by atoms with E-state index >= 15 is 0 Å². The van der Waals surface area contributed by atoms with Gasteiger partial charge in [0.2, 0.25) is 0 Å². The number of hydroxylamine groups is 1. The van der Waals surface area contributed by atoms with Crippen LogP contribution in [0.15, 0.2) is 66.8 Å². The molecule has 0 aliphatic heterocycles. The highest BCUT2D eigenvalue weighted by Crippen LogP contribution is 2.12. The minimum atomic E-state index is -1.02. The normalized spacial score (nSPS) is 11.9. The van der Waals surface area contributed by atoms with Crippen molar-refractivity contribution in [2.75, 3.05) is 19.6 Å². The first-order valence-electron chi connectivity index (χ1n) is 12.2. The monoisotopic (exact) mass is 488 g/mol. The molecule has 2 aromatic rings. The maximum atomic E-state index is 12.3. The molecular formula is C29H36N4O3. The molecule has 0 heterocycles. The van der Waals surface area contributed by atoms with Gasteiger partial charge in [-0.1, -0.05) is 62.6 Å². The number of hydrogen-bond donors (Lipinski definition) is 4. The minimum absolute atomic E-state index is 0.140. The molecule has 0 aliphatic carbocycles. The van der Waals surface area contributed by atoms with E-state index in [2.05, 4.69) is 54.6 Å². The molecule has 7 heteroatoms. The summed E-state index contributed by atoms with van der Waals surface area (Å²) >= 11 is 0. The zero-order chi connectivity index (χ0) is 26.3. The van der Waals surface area contributed by atoms with Crippen LogP contribution in [0.2, 0.25) is 0 Å². The van der Waals surface area contributed by atoms with Crippen molar-refractivity contribution in [3.8, 4) is 11.8 Å². The third-order valence-corrected chi connectivity index (χ3v) is 5.47. The average Bonchev–Trinajstić information content (AvgIpc) is 2.90. The first kappa shape index (κ1) is 28.5. The Bertz CT molecular complexity index is 1090. The zero-order valence-corrected chi connectivity index (χ0v) is 21.1. The molecule has 2 amide bonds. The number of carbonyl (C=O) groups is 2. The van der Waals surface area contributed by atoms with E-state index in [4.69, 9.17) is 10.9 Å². The second kappa shape index (κ2) is 15.3. The molecule has 2 rings (SSSR count). The van der Waals surface area contributed by atoms with E-state index in [0.29, 0.717) is 5.56 Å². The van der Waals surface area contributed by atoms with Crippen molar-refractivity contribution in [2.45, 2.75) is 39.3 Å². The summed E-state index contributed by atoms with van der Waals surface area (Å²) in [5, 5.41) is 11.2. The number of nitrogens with one attached hydrogen (secondary N) is 2. The van der Waals surface area contributed by atoms with E-state index in [9.17, 15) is 9.59 Å². The van der Waals surface area contributed by atoms with E-state index in [-0.39, 0.29) is 6.54 Å². The molecule has 1 atom stereocenters. The number of nitrogens with two attached hydrogens (primary N) is 1. The SMILES string of the molecule is C=C/C(C#Cc1ccc(CN(CCC)CCC)cc1)=C\c1ccc(C(=O)NC(CN)C(=O)NO)cc1. The number of benzene rings is 2. The molecule has 5 N–H and O–H groups in total. The fourth-order valence-corrected chi connectivity index (χ4v) is 3.61. The van der Waals surface area contributed by atoms with Gasteiger partial charge in [0.25, 0.3) is 11.8 Å². The predicted molar refractivity (Wildman–Crippen MR) is 144 cm³/mol. The van der Waals surface area contributed by atoms with Crippen LogP contribution in [-0.4, -0.2) is 47.6 Å². The molecule has 2 aromatic carbocycles. The second-order valence-electron chi connectivity index (χ2n) is 8.39.